The molecule has 0 radical (unpaired) electrons. The van der Waals surface area contributed by atoms with Crippen molar-refractivity contribution in [2.24, 2.45) is 0 Å². The molecular formula is C10H12ClFN2O3S. The Kier molecular flexibility index (Phi) is 4.53. The lowest BCUT2D eigenvalue weighted by atomic mass is 10.2. The molecule has 0 saturated heterocycles. The summed E-state index contributed by atoms with van der Waals surface area (Å²) in [4.78, 5) is 10.9. The Morgan fingerprint density at radius 2 is 2.00 bits per heavy atom. The zero-order valence-corrected chi connectivity index (χ0v) is 11.3. The molecule has 18 heavy (non-hydrogen) atoms. The molecule has 1 aromatic rings. The van der Waals surface area contributed by atoms with Crippen molar-refractivity contribution in [3.05, 3.63) is 23.0 Å². The van der Waals surface area contributed by atoms with Gasteiger partial charge in [-0.15, -0.1) is 0 Å². The molecule has 0 atom stereocenters. The molecule has 0 unspecified atom stereocenters. The maximum Gasteiger partial charge on any atom is 0.232 e. The summed E-state index contributed by atoms with van der Waals surface area (Å²) in [6, 6.07) is 2.06. The van der Waals surface area contributed by atoms with E-state index in [-0.39, 0.29) is 22.2 Å². The molecule has 0 saturated carbocycles. The van der Waals surface area contributed by atoms with Gasteiger partial charge in [0.15, 0.2) is 0 Å². The smallest absolute Gasteiger partial charge is 0.232 e. The van der Waals surface area contributed by atoms with E-state index in [9.17, 15) is 17.6 Å². The summed E-state index contributed by atoms with van der Waals surface area (Å²) in [5.74, 6) is -1.36. The predicted octanol–water partition coefficient (Wildman–Crippen LogP) is 2.20. The molecular weight excluding hydrogens is 283 g/mol. The highest BCUT2D eigenvalue weighted by Gasteiger charge is 2.14. The van der Waals surface area contributed by atoms with Gasteiger partial charge in [-0.05, 0) is 19.1 Å². The first-order chi connectivity index (χ1) is 8.25. The van der Waals surface area contributed by atoms with Crippen molar-refractivity contribution in [1.29, 1.82) is 0 Å². The highest BCUT2D eigenvalue weighted by molar-refractivity contribution is 7.92. The minimum Gasteiger partial charge on any atom is -0.324 e. The van der Waals surface area contributed by atoms with E-state index < -0.39 is 21.7 Å². The Bertz CT molecular complexity index is 575. The van der Waals surface area contributed by atoms with E-state index in [2.05, 4.69) is 10.0 Å². The van der Waals surface area contributed by atoms with Crippen molar-refractivity contribution in [3.63, 3.8) is 0 Å². The molecule has 1 rings (SSSR count). The summed E-state index contributed by atoms with van der Waals surface area (Å²) in [5.41, 5.74) is -0.121. The van der Waals surface area contributed by atoms with E-state index in [1.165, 1.54) is 13.8 Å². The molecule has 5 nitrogen and oxygen atoms in total. The summed E-state index contributed by atoms with van der Waals surface area (Å²) in [6.45, 7) is 2.67. The fraction of sp³-hybridized carbons (Fsp3) is 0.300. The van der Waals surface area contributed by atoms with E-state index >= 15 is 0 Å². The van der Waals surface area contributed by atoms with Crippen molar-refractivity contribution in [2.45, 2.75) is 13.8 Å². The van der Waals surface area contributed by atoms with Crippen LogP contribution in [0.2, 0.25) is 5.02 Å². The van der Waals surface area contributed by atoms with Crippen molar-refractivity contribution < 1.29 is 17.6 Å². The molecule has 1 amide bonds. The Hall–Kier alpha value is -1.34. The zero-order chi connectivity index (χ0) is 13.9. The van der Waals surface area contributed by atoms with Gasteiger partial charge >= 0.3 is 0 Å². The Morgan fingerprint density at radius 1 is 1.39 bits per heavy atom. The number of amides is 1. The van der Waals surface area contributed by atoms with Crippen LogP contribution >= 0.6 is 11.6 Å². The number of nitrogens with one attached hydrogen (secondary N) is 2. The number of rotatable bonds is 4. The van der Waals surface area contributed by atoms with Gasteiger partial charge in [-0.1, -0.05) is 11.6 Å². The van der Waals surface area contributed by atoms with Crippen LogP contribution in [0.15, 0.2) is 12.1 Å². The van der Waals surface area contributed by atoms with E-state index in [1.54, 1.807) is 0 Å². The third-order valence-corrected chi connectivity index (χ3v) is 3.62. The summed E-state index contributed by atoms with van der Waals surface area (Å²) < 4.78 is 38.4. The van der Waals surface area contributed by atoms with Gasteiger partial charge in [-0.3, -0.25) is 9.52 Å². The Morgan fingerprint density at radius 3 is 2.50 bits per heavy atom. The summed E-state index contributed by atoms with van der Waals surface area (Å²) in [7, 11) is -3.52. The zero-order valence-electron chi connectivity index (χ0n) is 9.75. The number of anilines is 2. The molecule has 0 aliphatic carbocycles. The Labute approximate surface area is 109 Å². The van der Waals surface area contributed by atoms with E-state index in [1.807, 2.05) is 0 Å². The lowest BCUT2D eigenvalue weighted by Crippen LogP contribution is -2.15. The van der Waals surface area contributed by atoms with Crippen molar-refractivity contribution >= 4 is 38.9 Å². The third kappa shape index (κ3) is 3.85. The van der Waals surface area contributed by atoms with Crippen LogP contribution in [-0.2, 0) is 14.8 Å². The molecule has 1 aromatic carbocycles. The monoisotopic (exact) mass is 294 g/mol. The maximum atomic E-state index is 13.4. The predicted molar refractivity (Wildman–Crippen MR) is 68.8 cm³/mol. The van der Waals surface area contributed by atoms with E-state index in [4.69, 9.17) is 11.6 Å². The largest absolute Gasteiger partial charge is 0.324 e. The third-order valence-electron chi connectivity index (χ3n) is 2.01. The van der Waals surface area contributed by atoms with Crippen molar-refractivity contribution in [3.8, 4) is 0 Å². The Balaban J connectivity index is 3.17. The minimum absolute atomic E-state index is 0.0173. The fourth-order valence-electron chi connectivity index (χ4n) is 1.15. The van der Waals surface area contributed by atoms with Crippen LogP contribution in [0.25, 0.3) is 0 Å². The maximum absolute atomic E-state index is 13.4. The first kappa shape index (κ1) is 14.7. The molecule has 8 heteroatoms. The molecule has 0 fully saturated rings. The van der Waals surface area contributed by atoms with Crippen LogP contribution in [0.1, 0.15) is 13.8 Å². The molecule has 2 N–H and O–H groups in total. The van der Waals surface area contributed by atoms with Crippen LogP contribution in [0.5, 0.6) is 0 Å². The fourth-order valence-corrected chi connectivity index (χ4v) is 2.05. The molecule has 0 aliphatic rings. The number of benzene rings is 1. The molecule has 0 aromatic heterocycles. The number of hydrogen-bond donors (Lipinski definition) is 2. The lowest BCUT2D eigenvalue weighted by Gasteiger charge is -2.11. The van der Waals surface area contributed by atoms with Gasteiger partial charge in [0, 0.05) is 6.92 Å². The second-order valence-electron chi connectivity index (χ2n) is 3.50. The molecule has 0 heterocycles. The molecule has 0 spiro atoms. The molecule has 100 valence electrons. The summed E-state index contributed by atoms with van der Waals surface area (Å²) in [6.07, 6.45) is 0. The van der Waals surface area contributed by atoms with Gasteiger partial charge in [-0.25, -0.2) is 12.8 Å². The lowest BCUT2D eigenvalue weighted by molar-refractivity contribution is -0.114. The van der Waals surface area contributed by atoms with Crippen LogP contribution < -0.4 is 10.0 Å². The molecule has 0 aliphatic heterocycles. The number of carbonyl (C=O) groups excluding carboxylic acids is 1. The number of hydrogen-bond acceptors (Lipinski definition) is 3. The normalized spacial score (nSPS) is 11.1. The first-order valence-corrected chi connectivity index (χ1v) is 7.05. The van der Waals surface area contributed by atoms with Gasteiger partial charge in [0.1, 0.15) is 5.82 Å². The van der Waals surface area contributed by atoms with Crippen molar-refractivity contribution in [2.75, 3.05) is 15.8 Å². The average Bonchev–Trinajstić information content (AvgIpc) is 2.24. The minimum atomic E-state index is -3.52. The summed E-state index contributed by atoms with van der Waals surface area (Å²) >= 11 is 5.72. The standard InChI is InChI=1S/C10H12ClFN2O3S/c1-3-18(16,17)14-9-5-10(13-6(2)15)8(12)4-7(9)11/h4-5,14H,3H2,1-2H3,(H,13,15). The van der Waals surface area contributed by atoms with Gasteiger partial charge in [0.25, 0.3) is 0 Å². The second kappa shape index (κ2) is 5.53. The number of carbonyl (C=O) groups is 1. The summed E-state index contributed by atoms with van der Waals surface area (Å²) in [5, 5.41) is 2.15. The topological polar surface area (TPSA) is 75.3 Å². The van der Waals surface area contributed by atoms with Crippen molar-refractivity contribution in [1.82, 2.24) is 0 Å². The second-order valence-corrected chi connectivity index (χ2v) is 5.92. The van der Waals surface area contributed by atoms with Crippen LogP contribution in [0.3, 0.4) is 0 Å². The number of halogens is 2. The van der Waals surface area contributed by atoms with Gasteiger partial charge in [0.05, 0.1) is 22.2 Å². The number of sulfonamides is 1. The van der Waals surface area contributed by atoms with E-state index in [0.717, 1.165) is 12.1 Å². The molecule has 0 bridgehead atoms. The highest BCUT2D eigenvalue weighted by Crippen LogP contribution is 2.29. The average molecular weight is 295 g/mol. The first-order valence-electron chi connectivity index (χ1n) is 5.02. The quantitative estimate of drug-likeness (QED) is 0.894. The van der Waals surface area contributed by atoms with Gasteiger partial charge in [0.2, 0.25) is 15.9 Å². The highest BCUT2D eigenvalue weighted by atomic mass is 35.5. The van der Waals surface area contributed by atoms with Crippen LogP contribution in [-0.4, -0.2) is 20.1 Å². The van der Waals surface area contributed by atoms with Gasteiger partial charge < -0.3 is 5.32 Å². The van der Waals surface area contributed by atoms with E-state index in [0.29, 0.717) is 0 Å². The SMILES string of the molecule is CCS(=O)(=O)Nc1cc(NC(C)=O)c(F)cc1Cl. The van der Waals surface area contributed by atoms with Gasteiger partial charge in [-0.2, -0.15) is 0 Å². The van der Waals surface area contributed by atoms with Crippen LogP contribution in [0, 0.1) is 5.82 Å². The van der Waals surface area contributed by atoms with Crippen LogP contribution in [0.4, 0.5) is 15.8 Å².